The molecule has 150 valence electrons. The molecular formula is C18H27N3O6. The first-order valence-electron chi connectivity index (χ1n) is 8.84. The van der Waals surface area contributed by atoms with Crippen LogP contribution in [0.1, 0.15) is 60.6 Å². The second-order valence-corrected chi connectivity index (χ2v) is 8.24. The minimum absolute atomic E-state index is 0.169. The third-order valence-corrected chi connectivity index (χ3v) is 3.41. The first kappa shape index (κ1) is 20.9. The van der Waals surface area contributed by atoms with E-state index in [4.69, 9.17) is 14.2 Å². The monoisotopic (exact) mass is 381 g/mol. The molecule has 1 aromatic heterocycles. The molecule has 0 bridgehead atoms. The van der Waals surface area contributed by atoms with Crippen molar-refractivity contribution in [2.45, 2.75) is 71.8 Å². The van der Waals surface area contributed by atoms with Gasteiger partial charge in [0.2, 0.25) is 0 Å². The van der Waals surface area contributed by atoms with Crippen LogP contribution in [-0.2, 0) is 14.2 Å². The van der Waals surface area contributed by atoms with Gasteiger partial charge in [0, 0.05) is 12.8 Å². The SMILES string of the molecule is CC(C)(C)OC(=O)N(C(=O)OC(C)(C)C)c1ccn(C2CCCO2)c(=O)n1. The molecule has 9 nitrogen and oxygen atoms in total. The van der Waals surface area contributed by atoms with E-state index >= 15 is 0 Å². The van der Waals surface area contributed by atoms with Crippen molar-refractivity contribution >= 4 is 18.0 Å². The van der Waals surface area contributed by atoms with E-state index in [1.54, 1.807) is 41.5 Å². The molecule has 1 aromatic rings. The molecule has 9 heteroatoms. The number of imide groups is 1. The highest BCUT2D eigenvalue weighted by Gasteiger charge is 2.34. The molecule has 1 atom stereocenters. The minimum atomic E-state index is -0.974. The Bertz CT molecular complexity index is 726. The highest BCUT2D eigenvalue weighted by atomic mass is 16.6. The number of hydrogen-bond acceptors (Lipinski definition) is 7. The zero-order valence-corrected chi connectivity index (χ0v) is 16.6. The van der Waals surface area contributed by atoms with Crippen LogP contribution in [-0.4, -0.2) is 39.5 Å². The molecule has 0 aromatic carbocycles. The van der Waals surface area contributed by atoms with Gasteiger partial charge in [-0.1, -0.05) is 0 Å². The van der Waals surface area contributed by atoms with Gasteiger partial charge in [-0.3, -0.25) is 4.57 Å². The molecule has 1 saturated heterocycles. The Kier molecular flexibility index (Phi) is 5.94. The Morgan fingerprint density at radius 1 is 1.15 bits per heavy atom. The van der Waals surface area contributed by atoms with Crippen LogP contribution in [0.5, 0.6) is 0 Å². The maximum atomic E-state index is 12.6. The van der Waals surface area contributed by atoms with Crippen molar-refractivity contribution in [3.05, 3.63) is 22.7 Å². The summed E-state index contributed by atoms with van der Waals surface area (Å²) in [6.07, 6.45) is 0.652. The fourth-order valence-corrected chi connectivity index (χ4v) is 2.40. The topological polar surface area (TPSA) is 100.0 Å². The maximum absolute atomic E-state index is 12.6. The normalized spacial score (nSPS) is 17.5. The highest BCUT2D eigenvalue weighted by molar-refractivity contribution is 6.08. The lowest BCUT2D eigenvalue weighted by Crippen LogP contribution is -2.45. The van der Waals surface area contributed by atoms with Gasteiger partial charge in [-0.15, -0.1) is 0 Å². The number of nitrogens with zero attached hydrogens (tertiary/aromatic N) is 3. The van der Waals surface area contributed by atoms with Crippen LogP contribution in [0.4, 0.5) is 15.4 Å². The van der Waals surface area contributed by atoms with Crippen LogP contribution >= 0.6 is 0 Å². The molecule has 0 saturated carbocycles. The van der Waals surface area contributed by atoms with E-state index in [0.717, 1.165) is 6.42 Å². The number of hydrogen-bond donors (Lipinski definition) is 0. The summed E-state index contributed by atoms with van der Waals surface area (Å²) >= 11 is 0. The Morgan fingerprint density at radius 2 is 1.70 bits per heavy atom. The van der Waals surface area contributed by atoms with E-state index in [-0.39, 0.29) is 5.82 Å². The molecule has 1 fully saturated rings. The zero-order chi connectivity index (χ0) is 20.4. The van der Waals surface area contributed by atoms with Gasteiger partial charge in [-0.05, 0) is 60.5 Å². The Balaban J connectivity index is 2.37. The molecule has 2 amide bonds. The summed E-state index contributed by atoms with van der Waals surface area (Å²) in [5, 5.41) is 0. The average molecular weight is 381 g/mol. The number of anilines is 1. The summed E-state index contributed by atoms with van der Waals surface area (Å²) in [4.78, 5) is 42.0. The molecule has 1 aliphatic rings. The smallest absolute Gasteiger partial charge is 0.425 e. The van der Waals surface area contributed by atoms with Crippen LogP contribution in [0.25, 0.3) is 0 Å². The van der Waals surface area contributed by atoms with Crippen molar-refractivity contribution < 1.29 is 23.8 Å². The van der Waals surface area contributed by atoms with E-state index in [1.165, 1.54) is 16.8 Å². The second-order valence-electron chi connectivity index (χ2n) is 8.24. The van der Waals surface area contributed by atoms with E-state index < -0.39 is 35.3 Å². The summed E-state index contributed by atoms with van der Waals surface area (Å²) in [6.45, 7) is 10.6. The summed E-state index contributed by atoms with van der Waals surface area (Å²) < 4.78 is 17.3. The van der Waals surface area contributed by atoms with E-state index in [2.05, 4.69) is 4.98 Å². The fourth-order valence-electron chi connectivity index (χ4n) is 2.40. The van der Waals surface area contributed by atoms with Crippen molar-refractivity contribution in [3.63, 3.8) is 0 Å². The summed E-state index contributed by atoms with van der Waals surface area (Å²) in [5.74, 6) is -0.169. The van der Waals surface area contributed by atoms with Gasteiger partial charge >= 0.3 is 17.9 Å². The van der Waals surface area contributed by atoms with Gasteiger partial charge in [0.15, 0.2) is 5.82 Å². The minimum Gasteiger partial charge on any atom is -0.443 e. The highest BCUT2D eigenvalue weighted by Crippen LogP contribution is 2.23. The number of aromatic nitrogens is 2. The molecule has 27 heavy (non-hydrogen) atoms. The summed E-state index contributed by atoms with van der Waals surface area (Å²) in [6, 6.07) is 1.39. The van der Waals surface area contributed by atoms with Crippen LogP contribution < -0.4 is 10.6 Å². The fraction of sp³-hybridized carbons (Fsp3) is 0.667. The van der Waals surface area contributed by atoms with Gasteiger partial charge in [0.05, 0.1) is 0 Å². The van der Waals surface area contributed by atoms with Crippen LogP contribution in [0.15, 0.2) is 17.1 Å². The standard InChI is InChI=1S/C18H27N3O6/c1-17(2,3)26-15(23)21(16(24)27-18(4,5)6)12-9-10-20(14(22)19-12)13-8-7-11-25-13/h9-10,13H,7-8,11H2,1-6H3. The molecule has 0 N–H and O–H groups in total. The predicted molar refractivity (Wildman–Crippen MR) is 97.7 cm³/mol. The van der Waals surface area contributed by atoms with Crippen LogP contribution in [0, 0.1) is 0 Å². The molecule has 1 unspecified atom stereocenters. The lowest BCUT2D eigenvalue weighted by atomic mass is 10.2. The summed E-state index contributed by atoms with van der Waals surface area (Å²) in [7, 11) is 0. The molecular weight excluding hydrogens is 354 g/mol. The quantitative estimate of drug-likeness (QED) is 0.775. The Hall–Kier alpha value is -2.42. The molecule has 0 radical (unpaired) electrons. The summed E-state index contributed by atoms with van der Waals surface area (Å²) in [5.41, 5.74) is -2.31. The van der Waals surface area contributed by atoms with Gasteiger partial charge in [0.1, 0.15) is 17.4 Å². The largest absolute Gasteiger partial charge is 0.443 e. The second kappa shape index (κ2) is 7.67. The first-order valence-corrected chi connectivity index (χ1v) is 8.84. The Morgan fingerprint density at radius 3 is 2.11 bits per heavy atom. The van der Waals surface area contributed by atoms with Crippen LogP contribution in [0.3, 0.4) is 0 Å². The Labute approximate surface area is 158 Å². The number of rotatable bonds is 2. The number of ether oxygens (including phenoxy) is 3. The number of amides is 2. The zero-order valence-electron chi connectivity index (χ0n) is 16.6. The lowest BCUT2D eigenvalue weighted by molar-refractivity contribution is 0.0428. The number of carbonyl (C=O) groups is 2. The molecule has 1 aliphatic heterocycles. The van der Waals surface area contributed by atoms with Gasteiger partial charge in [-0.25, -0.2) is 14.4 Å². The van der Waals surface area contributed by atoms with E-state index in [0.29, 0.717) is 17.9 Å². The maximum Gasteiger partial charge on any atom is 0.425 e. The van der Waals surface area contributed by atoms with Crippen molar-refractivity contribution in [1.82, 2.24) is 9.55 Å². The van der Waals surface area contributed by atoms with E-state index in [1.807, 2.05) is 0 Å². The third-order valence-electron chi connectivity index (χ3n) is 3.41. The van der Waals surface area contributed by atoms with Gasteiger partial charge in [-0.2, -0.15) is 9.88 Å². The number of carbonyl (C=O) groups excluding carboxylic acids is 2. The molecule has 0 aliphatic carbocycles. The first-order chi connectivity index (χ1) is 12.4. The van der Waals surface area contributed by atoms with Crippen LogP contribution in [0.2, 0.25) is 0 Å². The van der Waals surface area contributed by atoms with Crippen molar-refractivity contribution in [3.8, 4) is 0 Å². The van der Waals surface area contributed by atoms with Gasteiger partial charge < -0.3 is 14.2 Å². The predicted octanol–water partition coefficient (Wildman–Crippen LogP) is 3.23. The average Bonchev–Trinajstić information content (AvgIpc) is 2.97. The van der Waals surface area contributed by atoms with Crippen molar-refractivity contribution in [2.75, 3.05) is 11.5 Å². The van der Waals surface area contributed by atoms with E-state index in [9.17, 15) is 14.4 Å². The van der Waals surface area contributed by atoms with Crippen molar-refractivity contribution in [2.24, 2.45) is 0 Å². The molecule has 2 heterocycles. The molecule has 0 spiro atoms. The molecule has 2 rings (SSSR count). The van der Waals surface area contributed by atoms with Crippen molar-refractivity contribution in [1.29, 1.82) is 0 Å². The van der Waals surface area contributed by atoms with Gasteiger partial charge in [0.25, 0.3) is 0 Å². The third kappa shape index (κ3) is 5.78. The lowest BCUT2D eigenvalue weighted by Gasteiger charge is -2.28.